The number of thiophene rings is 1. The van der Waals surface area contributed by atoms with Crippen molar-refractivity contribution in [2.75, 3.05) is 25.0 Å². The minimum Gasteiger partial charge on any atom is -0.438 e. The van der Waals surface area contributed by atoms with Crippen molar-refractivity contribution in [3.63, 3.8) is 0 Å². The van der Waals surface area contributed by atoms with Crippen LogP contribution < -0.4 is 11.1 Å². The summed E-state index contributed by atoms with van der Waals surface area (Å²) in [5.41, 5.74) is 9.70. The number of carbonyl (C=O) groups excluding carboxylic acids is 1. The monoisotopic (exact) mass is 558 g/mol. The molecule has 0 radical (unpaired) electrons. The van der Waals surface area contributed by atoms with Gasteiger partial charge in [-0.15, -0.1) is 3.89 Å². The molecular weight excluding hydrogens is 530 g/mol. The van der Waals surface area contributed by atoms with Gasteiger partial charge >= 0.3 is 15.9 Å². The van der Waals surface area contributed by atoms with Crippen molar-refractivity contribution in [3.8, 4) is 11.8 Å². The zero-order chi connectivity index (χ0) is 27.1. The SMILES string of the molecule is NCc1ccc2c(c1)C1(CC[N+](C(=O)c3ccc(C#Cc4ccccc4)o3)(S(=O)(=O)c3ccsc3)CC1)CN2. The van der Waals surface area contributed by atoms with Gasteiger partial charge < -0.3 is 15.5 Å². The van der Waals surface area contributed by atoms with Gasteiger partial charge in [0, 0.05) is 48.0 Å². The Morgan fingerprint density at radius 2 is 1.85 bits per heavy atom. The van der Waals surface area contributed by atoms with Gasteiger partial charge in [0.2, 0.25) is 5.76 Å². The summed E-state index contributed by atoms with van der Waals surface area (Å²) in [5, 5.41) is 6.79. The third kappa shape index (κ3) is 4.30. The van der Waals surface area contributed by atoms with E-state index in [0.29, 0.717) is 31.7 Å². The number of nitrogens with zero attached hydrogens (tertiary/aromatic N) is 1. The van der Waals surface area contributed by atoms with Crippen LogP contribution in [0, 0.1) is 11.8 Å². The van der Waals surface area contributed by atoms with E-state index in [1.807, 2.05) is 42.5 Å². The third-order valence-corrected chi connectivity index (χ3v) is 11.1. The van der Waals surface area contributed by atoms with Gasteiger partial charge in [0.25, 0.3) is 0 Å². The van der Waals surface area contributed by atoms with Crippen molar-refractivity contribution < 1.29 is 21.5 Å². The van der Waals surface area contributed by atoms with Gasteiger partial charge in [0.15, 0.2) is 5.76 Å². The predicted octanol–water partition coefficient (Wildman–Crippen LogP) is 4.70. The Hall–Kier alpha value is -3.68. The lowest BCUT2D eigenvalue weighted by molar-refractivity contribution is -0.730. The number of likely N-dealkylation sites (tertiary alicyclic amines) is 1. The molecule has 39 heavy (non-hydrogen) atoms. The highest BCUT2D eigenvalue weighted by Gasteiger charge is 2.58. The van der Waals surface area contributed by atoms with E-state index in [0.717, 1.165) is 22.4 Å². The predicted molar refractivity (Wildman–Crippen MR) is 151 cm³/mol. The number of furan rings is 1. The second-order valence-corrected chi connectivity index (χ2v) is 13.0. The van der Waals surface area contributed by atoms with E-state index in [-0.39, 0.29) is 29.2 Å². The molecule has 0 saturated carbocycles. The largest absolute Gasteiger partial charge is 0.438 e. The first-order chi connectivity index (χ1) is 18.9. The molecule has 1 amide bonds. The Morgan fingerprint density at radius 1 is 1.05 bits per heavy atom. The highest BCUT2D eigenvalue weighted by atomic mass is 32.2. The average molecular weight is 559 g/mol. The summed E-state index contributed by atoms with van der Waals surface area (Å²) < 4.78 is 33.3. The molecule has 3 N–H and O–H groups in total. The lowest BCUT2D eigenvalue weighted by Gasteiger charge is -2.43. The molecule has 2 aliphatic heterocycles. The molecule has 0 aliphatic carbocycles. The Labute approximate surface area is 231 Å². The molecule has 6 rings (SSSR count). The number of carbonyl (C=O) groups is 1. The smallest absolute Gasteiger partial charge is 0.396 e. The third-order valence-electron chi connectivity index (χ3n) is 7.96. The van der Waals surface area contributed by atoms with Crippen LogP contribution >= 0.6 is 11.3 Å². The first-order valence-corrected chi connectivity index (χ1v) is 15.2. The lowest BCUT2D eigenvalue weighted by atomic mass is 9.74. The maximum absolute atomic E-state index is 14.1. The zero-order valence-electron chi connectivity index (χ0n) is 21.2. The second kappa shape index (κ2) is 9.81. The van der Waals surface area contributed by atoms with E-state index in [2.05, 4.69) is 23.2 Å². The highest BCUT2D eigenvalue weighted by Crippen LogP contribution is 2.47. The summed E-state index contributed by atoms with van der Waals surface area (Å²) in [6.07, 6.45) is 1.05. The van der Waals surface area contributed by atoms with Gasteiger partial charge in [-0.3, -0.25) is 0 Å². The van der Waals surface area contributed by atoms with E-state index >= 15 is 0 Å². The summed E-state index contributed by atoms with van der Waals surface area (Å²) in [5.74, 6) is 5.69. The maximum Gasteiger partial charge on any atom is 0.396 e. The maximum atomic E-state index is 14.1. The Kier molecular flexibility index (Phi) is 6.44. The Morgan fingerprint density at radius 3 is 2.56 bits per heavy atom. The van der Waals surface area contributed by atoms with Crippen molar-refractivity contribution >= 4 is 33.0 Å². The minimum absolute atomic E-state index is 0.00233. The van der Waals surface area contributed by atoms with Crippen molar-refractivity contribution in [3.05, 3.63) is 106 Å². The van der Waals surface area contributed by atoms with Crippen molar-refractivity contribution in [1.82, 2.24) is 0 Å². The molecule has 1 spiro atoms. The van der Waals surface area contributed by atoms with Crippen LogP contribution in [0.15, 0.2) is 86.8 Å². The summed E-state index contributed by atoms with van der Waals surface area (Å²) in [4.78, 5) is 14.3. The molecule has 198 valence electrons. The first kappa shape index (κ1) is 25.6. The summed E-state index contributed by atoms with van der Waals surface area (Å²) in [7, 11) is -4.05. The normalized spacial score (nSPS) is 22.1. The number of amides is 1. The number of benzene rings is 2. The second-order valence-electron chi connectivity index (χ2n) is 10.1. The van der Waals surface area contributed by atoms with Gasteiger partial charge in [-0.1, -0.05) is 36.3 Å². The molecule has 2 aromatic carbocycles. The van der Waals surface area contributed by atoms with E-state index in [4.69, 9.17) is 10.2 Å². The lowest BCUT2D eigenvalue weighted by Crippen LogP contribution is -2.62. The molecule has 0 bridgehead atoms. The molecule has 4 heterocycles. The highest BCUT2D eigenvalue weighted by molar-refractivity contribution is 7.86. The van der Waals surface area contributed by atoms with E-state index in [9.17, 15) is 13.2 Å². The number of nitrogens with one attached hydrogen (secondary N) is 1. The number of quaternary nitrogens is 1. The fourth-order valence-corrected chi connectivity index (χ4v) is 8.54. The van der Waals surface area contributed by atoms with Gasteiger partial charge in [0.05, 0.1) is 0 Å². The molecule has 9 heteroatoms. The topological polar surface area (TPSA) is 102 Å². The van der Waals surface area contributed by atoms with Crippen LogP contribution in [0.2, 0.25) is 0 Å². The molecule has 0 unspecified atom stereocenters. The molecule has 2 aliphatic rings. The molecule has 7 nitrogen and oxygen atoms in total. The van der Waals surface area contributed by atoms with E-state index in [1.165, 1.54) is 17.4 Å². The van der Waals surface area contributed by atoms with Crippen LogP contribution in [0.1, 0.15) is 45.8 Å². The summed E-state index contributed by atoms with van der Waals surface area (Å²) in [6, 6.07) is 20.3. The standard InChI is InChI=1S/C30H28N3O4S2/c31-19-23-7-10-27-26(18-23)30(21-32-27)13-15-33(16-14-30,39(35,36)25-12-17-38-20-25)29(34)28-11-9-24(37-28)8-6-22-4-2-1-3-5-22/h1-5,7,9-12,17-18,20,32H,13-16,19,21,31H2/q+1. The van der Waals surface area contributed by atoms with Crippen LogP contribution in [0.4, 0.5) is 5.69 Å². The number of nitrogens with two attached hydrogens (primary N) is 1. The van der Waals surface area contributed by atoms with Crippen molar-refractivity contribution in [1.29, 1.82) is 0 Å². The Balaban J connectivity index is 1.35. The van der Waals surface area contributed by atoms with Crippen LogP contribution in [-0.2, 0) is 22.0 Å². The Bertz CT molecular complexity index is 1690. The number of sulfonamides is 1. The summed E-state index contributed by atoms with van der Waals surface area (Å²) >= 11 is 1.29. The van der Waals surface area contributed by atoms with E-state index < -0.39 is 19.8 Å². The number of piperidine rings is 1. The van der Waals surface area contributed by atoms with Crippen LogP contribution in [0.25, 0.3) is 0 Å². The molecule has 0 atom stereocenters. The molecule has 1 saturated heterocycles. The number of fused-ring (bicyclic) bond motifs is 2. The molecule has 4 aromatic rings. The van der Waals surface area contributed by atoms with Crippen LogP contribution in [0.3, 0.4) is 0 Å². The molecule has 1 fully saturated rings. The number of hydrogen-bond acceptors (Lipinski definition) is 7. The fourth-order valence-electron chi connectivity index (χ4n) is 5.67. The summed E-state index contributed by atoms with van der Waals surface area (Å²) in [6.45, 7) is 1.40. The van der Waals surface area contributed by atoms with Gasteiger partial charge in [0.1, 0.15) is 18.0 Å². The first-order valence-electron chi connectivity index (χ1n) is 12.8. The van der Waals surface area contributed by atoms with Crippen molar-refractivity contribution in [2.24, 2.45) is 5.73 Å². The van der Waals surface area contributed by atoms with Gasteiger partial charge in [-0.05, 0) is 58.8 Å². The van der Waals surface area contributed by atoms with Crippen LogP contribution in [0.5, 0.6) is 0 Å². The van der Waals surface area contributed by atoms with Crippen LogP contribution in [-0.4, -0.2) is 37.8 Å². The zero-order valence-corrected chi connectivity index (χ0v) is 22.9. The van der Waals surface area contributed by atoms with E-state index in [1.54, 1.807) is 22.9 Å². The van der Waals surface area contributed by atoms with Gasteiger partial charge in [-0.25, -0.2) is 4.79 Å². The average Bonchev–Trinajstić information content (AvgIpc) is 3.74. The number of hydrogen-bond donors (Lipinski definition) is 2. The quantitative estimate of drug-likeness (QED) is 0.278. The molecule has 2 aromatic heterocycles. The molecular formula is C30H28N3O4S2+. The van der Waals surface area contributed by atoms with Gasteiger partial charge in [-0.2, -0.15) is 19.8 Å². The van der Waals surface area contributed by atoms with Crippen molar-refractivity contribution in [2.45, 2.75) is 29.7 Å². The minimum atomic E-state index is -4.05. The number of rotatable bonds is 4. The fraction of sp³-hybridized carbons (Fsp3) is 0.233. The number of anilines is 1.